The number of rotatable bonds is 2. The van der Waals surface area contributed by atoms with E-state index >= 15 is 0 Å². The van der Waals surface area contributed by atoms with Crippen molar-refractivity contribution in [1.29, 1.82) is 0 Å². The lowest BCUT2D eigenvalue weighted by molar-refractivity contribution is 0.645. The second kappa shape index (κ2) is 3.07. The van der Waals surface area contributed by atoms with Gasteiger partial charge in [0.1, 0.15) is 0 Å². The third kappa shape index (κ3) is 1.35. The molecule has 2 aromatic rings. The first-order valence-electron chi connectivity index (χ1n) is 5.08. The van der Waals surface area contributed by atoms with Gasteiger partial charge >= 0.3 is 0 Å². The lowest BCUT2D eigenvalue weighted by atomic mass is 10.1. The van der Waals surface area contributed by atoms with Crippen LogP contribution in [-0.4, -0.2) is 0 Å². The molecule has 0 amide bonds. The van der Waals surface area contributed by atoms with Gasteiger partial charge < -0.3 is 5.73 Å². The van der Waals surface area contributed by atoms with E-state index in [1.165, 1.54) is 27.8 Å². The smallest absolute Gasteiger partial charge is 0.0418 e. The molecule has 0 spiro atoms. The van der Waals surface area contributed by atoms with E-state index in [9.17, 15) is 0 Å². The van der Waals surface area contributed by atoms with Crippen molar-refractivity contribution in [2.45, 2.75) is 18.9 Å². The summed E-state index contributed by atoms with van der Waals surface area (Å²) in [7, 11) is 0. The Hall–Kier alpha value is -0.860. The van der Waals surface area contributed by atoms with Gasteiger partial charge in [-0.25, -0.2) is 0 Å². The molecule has 1 saturated carbocycles. The fraction of sp³-hybridized carbons (Fsp3) is 0.333. The first kappa shape index (κ1) is 8.45. The molecule has 0 unspecified atom stereocenters. The highest BCUT2D eigenvalue weighted by atomic mass is 32.1. The van der Waals surface area contributed by atoms with Gasteiger partial charge in [-0.3, -0.25) is 0 Å². The van der Waals surface area contributed by atoms with Gasteiger partial charge in [0.2, 0.25) is 0 Å². The summed E-state index contributed by atoms with van der Waals surface area (Å²) in [5.41, 5.74) is 6.17. The van der Waals surface area contributed by atoms with Crippen molar-refractivity contribution in [3.05, 3.63) is 35.2 Å². The molecule has 0 bridgehead atoms. The molecule has 1 nitrogen and oxygen atoms in total. The number of fused-ring (bicyclic) bond motifs is 1. The zero-order chi connectivity index (χ0) is 9.54. The molecule has 1 heterocycles. The Morgan fingerprint density at radius 2 is 2.07 bits per heavy atom. The first-order chi connectivity index (χ1) is 6.84. The van der Waals surface area contributed by atoms with Gasteiger partial charge in [-0.1, -0.05) is 18.2 Å². The molecule has 14 heavy (non-hydrogen) atoms. The van der Waals surface area contributed by atoms with E-state index < -0.39 is 0 Å². The van der Waals surface area contributed by atoms with Gasteiger partial charge in [0.05, 0.1) is 0 Å². The van der Waals surface area contributed by atoms with Gasteiger partial charge in [-0.2, -0.15) is 0 Å². The van der Waals surface area contributed by atoms with Crippen molar-refractivity contribution in [3.63, 3.8) is 0 Å². The Morgan fingerprint density at radius 3 is 2.79 bits per heavy atom. The van der Waals surface area contributed by atoms with Crippen LogP contribution in [0.4, 0.5) is 0 Å². The van der Waals surface area contributed by atoms with E-state index in [0.29, 0.717) is 0 Å². The van der Waals surface area contributed by atoms with E-state index in [1.807, 2.05) is 11.3 Å². The van der Waals surface area contributed by atoms with Crippen LogP contribution in [0.25, 0.3) is 10.1 Å². The van der Waals surface area contributed by atoms with Crippen LogP contribution in [0.3, 0.4) is 0 Å². The Balaban J connectivity index is 2.04. The normalized spacial score (nSPS) is 18.6. The lowest BCUT2D eigenvalue weighted by Crippen LogP contribution is -2.10. The quantitative estimate of drug-likeness (QED) is 0.796. The van der Waals surface area contributed by atoms with Crippen molar-refractivity contribution in [3.8, 4) is 0 Å². The molecule has 1 fully saturated rings. The van der Waals surface area contributed by atoms with Gasteiger partial charge in [-0.05, 0) is 36.3 Å². The first-order valence-corrected chi connectivity index (χ1v) is 5.90. The average molecular weight is 203 g/mol. The van der Waals surface area contributed by atoms with Crippen molar-refractivity contribution < 1.29 is 0 Å². The molecule has 2 heteroatoms. The molecule has 1 aromatic carbocycles. The van der Waals surface area contributed by atoms with Gasteiger partial charge in [0.15, 0.2) is 0 Å². The lowest BCUT2D eigenvalue weighted by Gasteiger charge is -2.05. The highest BCUT2D eigenvalue weighted by Gasteiger charge is 2.30. The van der Waals surface area contributed by atoms with Crippen molar-refractivity contribution in [2.24, 2.45) is 11.7 Å². The molecular formula is C12H13NS. The van der Waals surface area contributed by atoms with Gasteiger partial charge in [0.25, 0.3) is 0 Å². The van der Waals surface area contributed by atoms with Crippen LogP contribution in [0.15, 0.2) is 30.3 Å². The molecule has 3 rings (SSSR count). The zero-order valence-electron chi connectivity index (χ0n) is 7.94. The molecule has 1 aliphatic carbocycles. The number of thiophene rings is 1. The molecule has 0 saturated heterocycles. The third-order valence-corrected chi connectivity index (χ3v) is 4.12. The molecule has 1 aromatic heterocycles. The van der Waals surface area contributed by atoms with Crippen molar-refractivity contribution in [1.82, 2.24) is 0 Å². The summed E-state index contributed by atoms with van der Waals surface area (Å²) in [6.45, 7) is 0. The minimum atomic E-state index is 0.285. The summed E-state index contributed by atoms with van der Waals surface area (Å²) >= 11 is 1.85. The van der Waals surface area contributed by atoms with Crippen LogP contribution in [-0.2, 0) is 0 Å². The molecule has 2 N–H and O–H groups in total. The Kier molecular flexibility index (Phi) is 1.85. The number of benzene rings is 1. The summed E-state index contributed by atoms with van der Waals surface area (Å²) in [6, 6.07) is 11.0. The van der Waals surface area contributed by atoms with Crippen LogP contribution in [0.2, 0.25) is 0 Å². The Morgan fingerprint density at radius 1 is 1.29 bits per heavy atom. The molecule has 0 aliphatic heterocycles. The third-order valence-electron chi connectivity index (χ3n) is 2.90. The van der Waals surface area contributed by atoms with Crippen LogP contribution in [0.5, 0.6) is 0 Å². The Labute approximate surface area is 87.5 Å². The maximum atomic E-state index is 6.17. The molecule has 1 aliphatic rings. The summed E-state index contributed by atoms with van der Waals surface area (Å²) in [5.74, 6) is 0.753. The van der Waals surface area contributed by atoms with Gasteiger partial charge in [0, 0.05) is 15.6 Å². The van der Waals surface area contributed by atoms with Crippen LogP contribution in [0, 0.1) is 5.92 Å². The summed E-state index contributed by atoms with van der Waals surface area (Å²) in [5, 5.41) is 1.34. The summed E-state index contributed by atoms with van der Waals surface area (Å²) < 4.78 is 1.36. The maximum Gasteiger partial charge on any atom is 0.0418 e. The minimum Gasteiger partial charge on any atom is -0.323 e. The fourth-order valence-electron chi connectivity index (χ4n) is 1.85. The van der Waals surface area contributed by atoms with E-state index in [1.54, 1.807) is 0 Å². The number of hydrogen-bond donors (Lipinski definition) is 1. The minimum absolute atomic E-state index is 0.285. The van der Waals surface area contributed by atoms with E-state index in [2.05, 4.69) is 30.3 Å². The van der Waals surface area contributed by atoms with Gasteiger partial charge in [-0.15, -0.1) is 11.3 Å². The molecule has 1 atom stereocenters. The molecule has 72 valence electrons. The summed E-state index contributed by atoms with van der Waals surface area (Å²) in [6.07, 6.45) is 2.63. The highest BCUT2D eigenvalue weighted by Crippen LogP contribution is 2.42. The van der Waals surface area contributed by atoms with E-state index in [-0.39, 0.29) is 6.04 Å². The zero-order valence-corrected chi connectivity index (χ0v) is 8.76. The molecule has 0 radical (unpaired) electrons. The number of nitrogens with two attached hydrogens (primary N) is 1. The fourth-order valence-corrected chi connectivity index (χ4v) is 3.01. The predicted molar refractivity (Wildman–Crippen MR) is 61.5 cm³/mol. The summed E-state index contributed by atoms with van der Waals surface area (Å²) in [4.78, 5) is 1.36. The monoisotopic (exact) mass is 203 g/mol. The average Bonchev–Trinajstić information content (AvgIpc) is 2.95. The van der Waals surface area contributed by atoms with Crippen LogP contribution in [0.1, 0.15) is 23.8 Å². The second-order valence-corrected chi connectivity index (χ2v) is 5.17. The largest absolute Gasteiger partial charge is 0.323 e. The van der Waals surface area contributed by atoms with Crippen molar-refractivity contribution in [2.75, 3.05) is 0 Å². The molecular weight excluding hydrogens is 190 g/mol. The van der Waals surface area contributed by atoms with Crippen LogP contribution < -0.4 is 5.73 Å². The second-order valence-electron chi connectivity index (χ2n) is 4.05. The number of hydrogen-bond acceptors (Lipinski definition) is 2. The topological polar surface area (TPSA) is 26.0 Å². The van der Waals surface area contributed by atoms with Crippen molar-refractivity contribution >= 4 is 21.4 Å². The Bertz CT molecular complexity index is 423. The maximum absolute atomic E-state index is 6.17. The highest BCUT2D eigenvalue weighted by molar-refractivity contribution is 7.19. The standard InChI is InChI=1S/C12H13NS/c13-12(8-5-6-8)11-7-9-3-1-2-4-10(9)14-11/h1-4,7-8,12H,5-6,13H2/t12-/m0/s1. The van der Waals surface area contributed by atoms with E-state index in [4.69, 9.17) is 5.73 Å². The van der Waals surface area contributed by atoms with Crippen LogP contribution >= 0.6 is 11.3 Å². The van der Waals surface area contributed by atoms with E-state index in [0.717, 1.165) is 5.92 Å². The predicted octanol–water partition coefficient (Wildman–Crippen LogP) is 3.31. The SMILES string of the molecule is N[C@H](c1cc2ccccc2s1)C1CC1.